The predicted molar refractivity (Wildman–Crippen MR) is 54.9 cm³/mol. The predicted octanol–water partition coefficient (Wildman–Crippen LogP) is 1.99. The Bertz CT molecular complexity index is 500. The fourth-order valence-corrected chi connectivity index (χ4v) is 2.18. The van der Waals surface area contributed by atoms with E-state index in [9.17, 15) is 18.0 Å². The van der Waals surface area contributed by atoms with Gasteiger partial charge in [0.1, 0.15) is 5.82 Å². The van der Waals surface area contributed by atoms with E-state index in [1.807, 2.05) is 0 Å². The molecule has 0 saturated heterocycles. The summed E-state index contributed by atoms with van der Waals surface area (Å²) in [5.41, 5.74) is -0.727. The molecule has 0 spiro atoms. The number of aryl methyl sites for hydroxylation is 2. The van der Waals surface area contributed by atoms with Crippen LogP contribution in [-0.2, 0) is 23.8 Å². The van der Waals surface area contributed by atoms with Gasteiger partial charge in [0, 0.05) is 11.3 Å². The van der Waals surface area contributed by atoms with Crippen LogP contribution in [0.3, 0.4) is 0 Å². The number of halogens is 3. The number of nitrogens with zero attached hydrogens (tertiary/aromatic N) is 2. The average molecular weight is 260 g/mol. The van der Waals surface area contributed by atoms with E-state index >= 15 is 0 Å². The van der Waals surface area contributed by atoms with Crippen molar-refractivity contribution in [1.29, 1.82) is 0 Å². The molecule has 0 bridgehead atoms. The number of aliphatic carboxylic acids is 1. The molecule has 0 aromatic carbocycles. The molecular weight excluding hydrogens is 249 g/mol. The molecule has 0 fully saturated rings. The van der Waals surface area contributed by atoms with Crippen molar-refractivity contribution in [1.82, 2.24) is 9.97 Å². The van der Waals surface area contributed by atoms with Crippen molar-refractivity contribution < 1.29 is 23.1 Å². The lowest BCUT2D eigenvalue weighted by Crippen LogP contribution is -2.27. The molecule has 1 aliphatic carbocycles. The van der Waals surface area contributed by atoms with Crippen LogP contribution in [0.1, 0.15) is 29.2 Å². The van der Waals surface area contributed by atoms with Gasteiger partial charge in [0.15, 0.2) is 5.69 Å². The largest absolute Gasteiger partial charge is 0.481 e. The first-order valence-corrected chi connectivity index (χ1v) is 5.45. The number of rotatable bonds is 1. The highest BCUT2D eigenvalue weighted by atomic mass is 19.4. The number of carbonyl (C=O) groups is 1. The van der Waals surface area contributed by atoms with Crippen molar-refractivity contribution in [2.75, 3.05) is 0 Å². The molecule has 7 heteroatoms. The summed E-state index contributed by atoms with van der Waals surface area (Å²) in [5, 5.41) is 8.89. The fourth-order valence-electron chi connectivity index (χ4n) is 2.18. The highest BCUT2D eigenvalue weighted by molar-refractivity contribution is 5.71. The Kier molecular flexibility index (Phi) is 3.00. The topological polar surface area (TPSA) is 63.1 Å². The van der Waals surface area contributed by atoms with E-state index in [0.717, 1.165) is 0 Å². The molecule has 1 aromatic rings. The van der Waals surface area contributed by atoms with Crippen molar-refractivity contribution in [3.63, 3.8) is 0 Å². The maximum atomic E-state index is 12.8. The van der Waals surface area contributed by atoms with Crippen LogP contribution in [0, 0.1) is 12.8 Å². The van der Waals surface area contributed by atoms with Crippen molar-refractivity contribution in [2.45, 2.75) is 32.4 Å². The fraction of sp³-hybridized carbons (Fsp3) is 0.545. The van der Waals surface area contributed by atoms with E-state index in [1.54, 1.807) is 0 Å². The normalized spacial score (nSPS) is 19.4. The van der Waals surface area contributed by atoms with Gasteiger partial charge in [-0.15, -0.1) is 0 Å². The zero-order chi connectivity index (χ0) is 13.5. The molecule has 18 heavy (non-hydrogen) atoms. The van der Waals surface area contributed by atoms with Gasteiger partial charge in [-0.1, -0.05) is 0 Å². The van der Waals surface area contributed by atoms with Gasteiger partial charge in [-0.05, 0) is 26.2 Å². The van der Waals surface area contributed by atoms with Gasteiger partial charge >= 0.3 is 12.1 Å². The third-order valence-electron chi connectivity index (χ3n) is 3.00. The molecule has 98 valence electrons. The molecule has 1 N–H and O–H groups in total. The molecule has 0 amide bonds. The van der Waals surface area contributed by atoms with Gasteiger partial charge < -0.3 is 5.11 Å². The molecule has 0 saturated carbocycles. The molecule has 1 aliphatic rings. The second kappa shape index (κ2) is 4.22. The van der Waals surface area contributed by atoms with E-state index in [2.05, 4.69) is 9.97 Å². The molecule has 1 unspecified atom stereocenters. The van der Waals surface area contributed by atoms with E-state index in [1.165, 1.54) is 6.92 Å². The Hall–Kier alpha value is -1.66. The third kappa shape index (κ3) is 2.30. The molecule has 1 heterocycles. The van der Waals surface area contributed by atoms with Crippen LogP contribution in [0.15, 0.2) is 0 Å². The first-order valence-electron chi connectivity index (χ1n) is 5.45. The van der Waals surface area contributed by atoms with Crippen LogP contribution in [-0.4, -0.2) is 21.0 Å². The van der Waals surface area contributed by atoms with E-state index in [0.29, 0.717) is 12.1 Å². The quantitative estimate of drug-likeness (QED) is 0.838. The number of fused-ring (bicyclic) bond motifs is 1. The van der Waals surface area contributed by atoms with E-state index in [-0.39, 0.29) is 24.2 Å². The monoisotopic (exact) mass is 260 g/mol. The third-order valence-corrected chi connectivity index (χ3v) is 3.00. The zero-order valence-corrected chi connectivity index (χ0v) is 9.58. The average Bonchev–Trinajstić information content (AvgIpc) is 2.25. The van der Waals surface area contributed by atoms with Gasteiger partial charge in [0.05, 0.1) is 5.92 Å². The Morgan fingerprint density at radius 3 is 2.61 bits per heavy atom. The minimum atomic E-state index is -4.57. The smallest absolute Gasteiger partial charge is 0.433 e. The Morgan fingerprint density at radius 2 is 2.06 bits per heavy atom. The van der Waals surface area contributed by atoms with Gasteiger partial charge in [0.2, 0.25) is 0 Å². The molecule has 4 nitrogen and oxygen atoms in total. The maximum Gasteiger partial charge on any atom is 0.433 e. The van der Waals surface area contributed by atoms with Gasteiger partial charge in [0.25, 0.3) is 0 Å². The molecule has 1 atom stereocenters. The number of aromatic nitrogens is 2. The summed E-state index contributed by atoms with van der Waals surface area (Å²) in [6.07, 6.45) is -4.16. The first kappa shape index (κ1) is 12.8. The second-order valence-electron chi connectivity index (χ2n) is 4.32. The molecule has 2 rings (SSSR count). The zero-order valence-electron chi connectivity index (χ0n) is 9.58. The van der Waals surface area contributed by atoms with Crippen LogP contribution in [0.25, 0.3) is 0 Å². The summed E-state index contributed by atoms with van der Waals surface area (Å²) in [6.45, 7) is 1.40. The van der Waals surface area contributed by atoms with Gasteiger partial charge in [-0.3, -0.25) is 4.79 Å². The van der Waals surface area contributed by atoms with Gasteiger partial charge in [-0.2, -0.15) is 13.2 Å². The number of hydrogen-bond acceptors (Lipinski definition) is 3. The first-order chi connectivity index (χ1) is 8.29. The number of hydrogen-bond donors (Lipinski definition) is 1. The van der Waals surface area contributed by atoms with Crippen LogP contribution in [0.5, 0.6) is 0 Å². The minimum absolute atomic E-state index is 0.0632. The van der Waals surface area contributed by atoms with Crippen molar-refractivity contribution in [2.24, 2.45) is 5.92 Å². The maximum absolute atomic E-state index is 12.8. The standard InChI is InChI=1S/C11H11F3N2O2/c1-5-15-8-3-2-6(10(17)18)4-7(8)9(16-5)11(12,13)14/h6H,2-4H2,1H3,(H,17,18). The lowest BCUT2D eigenvalue weighted by molar-refractivity contribution is -0.145. The summed E-state index contributed by atoms with van der Waals surface area (Å²) >= 11 is 0. The van der Waals surface area contributed by atoms with Crippen LogP contribution >= 0.6 is 0 Å². The molecule has 0 aliphatic heterocycles. The Balaban J connectivity index is 2.50. The Labute approximate surface area is 101 Å². The summed E-state index contributed by atoms with van der Waals surface area (Å²) < 4.78 is 38.5. The van der Waals surface area contributed by atoms with Crippen LogP contribution in [0.2, 0.25) is 0 Å². The SMILES string of the molecule is Cc1nc2c(c(C(F)(F)F)n1)CC(C(=O)O)CC2. The lowest BCUT2D eigenvalue weighted by Gasteiger charge is -2.23. The van der Waals surface area contributed by atoms with E-state index < -0.39 is 23.8 Å². The lowest BCUT2D eigenvalue weighted by atomic mass is 9.85. The molecule has 1 aromatic heterocycles. The number of carboxylic acid groups (broad SMARTS) is 1. The van der Waals surface area contributed by atoms with Gasteiger partial charge in [-0.25, -0.2) is 9.97 Å². The minimum Gasteiger partial charge on any atom is -0.481 e. The highest BCUT2D eigenvalue weighted by Gasteiger charge is 2.39. The van der Waals surface area contributed by atoms with Crippen molar-refractivity contribution in [3.8, 4) is 0 Å². The van der Waals surface area contributed by atoms with Crippen LogP contribution < -0.4 is 0 Å². The summed E-state index contributed by atoms with van der Waals surface area (Å²) in [6, 6.07) is 0. The molecule has 0 radical (unpaired) electrons. The second-order valence-corrected chi connectivity index (χ2v) is 4.32. The molecular formula is C11H11F3N2O2. The summed E-state index contributed by atoms with van der Waals surface area (Å²) in [4.78, 5) is 18.3. The summed E-state index contributed by atoms with van der Waals surface area (Å²) in [7, 11) is 0. The number of alkyl halides is 3. The highest BCUT2D eigenvalue weighted by Crippen LogP contribution is 2.35. The van der Waals surface area contributed by atoms with Crippen molar-refractivity contribution >= 4 is 5.97 Å². The summed E-state index contributed by atoms with van der Waals surface area (Å²) in [5.74, 6) is -1.80. The number of carboxylic acids is 1. The van der Waals surface area contributed by atoms with Crippen molar-refractivity contribution in [3.05, 3.63) is 22.8 Å². The van der Waals surface area contributed by atoms with Crippen LogP contribution in [0.4, 0.5) is 13.2 Å². The Morgan fingerprint density at radius 1 is 1.39 bits per heavy atom. The van der Waals surface area contributed by atoms with E-state index in [4.69, 9.17) is 5.11 Å².